The number of hydrogen-bond donors (Lipinski definition) is 2. The molecule has 1 aliphatic carbocycles. The molecule has 1 fully saturated rings. The Morgan fingerprint density at radius 3 is 2.80 bits per heavy atom. The Morgan fingerprint density at radius 1 is 1.80 bits per heavy atom. The van der Waals surface area contributed by atoms with Crippen molar-refractivity contribution >= 4 is 0 Å². The van der Waals surface area contributed by atoms with E-state index in [1.54, 1.807) is 0 Å². The van der Waals surface area contributed by atoms with E-state index < -0.39 is 0 Å². The molecule has 1 atom stereocenters. The van der Waals surface area contributed by atoms with Crippen LogP contribution in [0.4, 0.5) is 0 Å². The Kier molecular flexibility index (Phi) is 2.46. The summed E-state index contributed by atoms with van der Waals surface area (Å²) >= 11 is 0. The van der Waals surface area contributed by atoms with E-state index in [2.05, 4.69) is 11.9 Å². The average molecular weight is 141 g/mol. The summed E-state index contributed by atoms with van der Waals surface area (Å²) < 4.78 is 0. The predicted octanol–water partition coefficient (Wildman–Crippen LogP) is 0.675. The summed E-state index contributed by atoms with van der Waals surface area (Å²) in [7, 11) is 0. The minimum Gasteiger partial charge on any atom is -0.387 e. The fourth-order valence-corrected chi connectivity index (χ4v) is 0.740. The molecule has 0 aliphatic heterocycles. The molecule has 0 aromatic heterocycles. The van der Waals surface area contributed by atoms with E-state index in [0.29, 0.717) is 12.6 Å². The van der Waals surface area contributed by atoms with Crippen LogP contribution in [0.2, 0.25) is 0 Å². The molecule has 0 aromatic rings. The maximum absolute atomic E-state index is 9.24. The molecule has 0 amide bonds. The van der Waals surface area contributed by atoms with Crippen molar-refractivity contribution in [3.63, 3.8) is 0 Å². The number of hydrogen-bond acceptors (Lipinski definition) is 2. The molecule has 2 N–H and O–H groups in total. The quantitative estimate of drug-likeness (QED) is 0.564. The van der Waals surface area contributed by atoms with Gasteiger partial charge in [-0.25, -0.2) is 0 Å². The van der Waals surface area contributed by atoms with Gasteiger partial charge in [0.25, 0.3) is 0 Å². The predicted molar refractivity (Wildman–Crippen MR) is 41.8 cm³/mol. The van der Waals surface area contributed by atoms with E-state index in [0.717, 1.165) is 5.57 Å². The molecule has 1 saturated carbocycles. The summed E-state index contributed by atoms with van der Waals surface area (Å²) in [6.45, 7) is 6.18. The first kappa shape index (κ1) is 7.76. The van der Waals surface area contributed by atoms with Crippen molar-refractivity contribution in [2.45, 2.75) is 31.9 Å². The Morgan fingerprint density at radius 2 is 2.40 bits per heavy atom. The first-order valence-electron chi connectivity index (χ1n) is 3.77. The van der Waals surface area contributed by atoms with Crippen LogP contribution < -0.4 is 5.32 Å². The highest BCUT2D eigenvalue weighted by Gasteiger charge is 2.21. The second kappa shape index (κ2) is 3.17. The fourth-order valence-electron chi connectivity index (χ4n) is 0.740. The summed E-state index contributed by atoms with van der Waals surface area (Å²) in [6, 6.07) is 0.675. The molecule has 10 heavy (non-hydrogen) atoms. The lowest BCUT2D eigenvalue weighted by Gasteiger charge is -2.09. The maximum atomic E-state index is 9.24. The highest BCUT2D eigenvalue weighted by Crippen LogP contribution is 2.18. The third-order valence-corrected chi connectivity index (χ3v) is 1.75. The number of rotatable bonds is 4. The Hall–Kier alpha value is -0.340. The van der Waals surface area contributed by atoms with Gasteiger partial charge in [-0.05, 0) is 19.8 Å². The number of aliphatic hydroxyl groups excluding tert-OH is 1. The van der Waals surface area contributed by atoms with Crippen LogP contribution in [-0.4, -0.2) is 23.8 Å². The van der Waals surface area contributed by atoms with E-state index in [1.165, 1.54) is 12.8 Å². The first-order chi connectivity index (χ1) is 4.70. The van der Waals surface area contributed by atoms with Gasteiger partial charge in [-0.2, -0.15) is 0 Å². The highest BCUT2D eigenvalue weighted by molar-refractivity contribution is 4.98. The van der Waals surface area contributed by atoms with Crippen molar-refractivity contribution in [1.82, 2.24) is 5.32 Å². The van der Waals surface area contributed by atoms with Gasteiger partial charge in [0.05, 0.1) is 6.10 Å². The van der Waals surface area contributed by atoms with Crippen LogP contribution in [0.3, 0.4) is 0 Å². The molecular formula is C8H15NO. The Labute approximate surface area is 61.9 Å². The molecule has 1 rings (SSSR count). The highest BCUT2D eigenvalue weighted by atomic mass is 16.3. The molecule has 0 bridgehead atoms. The lowest BCUT2D eigenvalue weighted by Crippen LogP contribution is -2.28. The minimum absolute atomic E-state index is 0.361. The van der Waals surface area contributed by atoms with Gasteiger partial charge < -0.3 is 10.4 Å². The second-order valence-corrected chi connectivity index (χ2v) is 3.04. The van der Waals surface area contributed by atoms with E-state index in [4.69, 9.17) is 0 Å². The maximum Gasteiger partial charge on any atom is 0.0869 e. The summed E-state index contributed by atoms with van der Waals surface area (Å²) in [6.07, 6.45) is 2.17. The van der Waals surface area contributed by atoms with Crippen LogP contribution in [0.15, 0.2) is 12.2 Å². The topological polar surface area (TPSA) is 32.3 Å². The summed E-state index contributed by atoms with van der Waals surface area (Å²) in [5, 5.41) is 12.5. The largest absolute Gasteiger partial charge is 0.387 e. The summed E-state index contributed by atoms with van der Waals surface area (Å²) in [5.74, 6) is 0. The summed E-state index contributed by atoms with van der Waals surface area (Å²) in [4.78, 5) is 0. The number of aliphatic hydroxyl groups is 1. The summed E-state index contributed by atoms with van der Waals surface area (Å²) in [5.41, 5.74) is 0.841. The lowest BCUT2D eigenvalue weighted by molar-refractivity contribution is 0.207. The third kappa shape index (κ3) is 2.50. The molecule has 58 valence electrons. The van der Waals surface area contributed by atoms with E-state index in [9.17, 15) is 5.11 Å². The lowest BCUT2D eigenvalue weighted by atomic mass is 10.2. The van der Waals surface area contributed by atoms with Gasteiger partial charge in [-0.3, -0.25) is 0 Å². The zero-order chi connectivity index (χ0) is 7.56. The van der Waals surface area contributed by atoms with Gasteiger partial charge in [-0.1, -0.05) is 12.2 Å². The Bertz CT molecular complexity index is 129. The van der Waals surface area contributed by atoms with Gasteiger partial charge in [0.2, 0.25) is 0 Å². The van der Waals surface area contributed by atoms with Gasteiger partial charge in [-0.15, -0.1) is 0 Å². The van der Waals surface area contributed by atoms with E-state index in [-0.39, 0.29) is 6.10 Å². The van der Waals surface area contributed by atoms with Crippen molar-refractivity contribution < 1.29 is 5.11 Å². The van der Waals surface area contributed by atoms with Gasteiger partial charge in [0, 0.05) is 12.6 Å². The molecular weight excluding hydrogens is 126 g/mol. The van der Waals surface area contributed by atoms with Crippen molar-refractivity contribution in [2.24, 2.45) is 0 Å². The zero-order valence-corrected chi connectivity index (χ0v) is 6.43. The van der Waals surface area contributed by atoms with Crippen LogP contribution in [0.5, 0.6) is 0 Å². The van der Waals surface area contributed by atoms with Crippen LogP contribution >= 0.6 is 0 Å². The third-order valence-electron chi connectivity index (χ3n) is 1.75. The van der Waals surface area contributed by atoms with E-state index >= 15 is 0 Å². The molecule has 1 unspecified atom stereocenters. The van der Waals surface area contributed by atoms with Gasteiger partial charge >= 0.3 is 0 Å². The molecule has 1 aliphatic rings. The molecule has 2 nitrogen and oxygen atoms in total. The van der Waals surface area contributed by atoms with Gasteiger partial charge in [0.1, 0.15) is 0 Å². The van der Waals surface area contributed by atoms with Crippen LogP contribution in [0.1, 0.15) is 19.8 Å². The monoisotopic (exact) mass is 141 g/mol. The van der Waals surface area contributed by atoms with Crippen molar-refractivity contribution in [3.8, 4) is 0 Å². The Balaban J connectivity index is 2.05. The van der Waals surface area contributed by atoms with Crippen molar-refractivity contribution in [2.75, 3.05) is 6.54 Å². The molecule has 0 radical (unpaired) electrons. The van der Waals surface area contributed by atoms with Crippen LogP contribution in [0.25, 0.3) is 0 Å². The van der Waals surface area contributed by atoms with Gasteiger partial charge in [0.15, 0.2) is 0 Å². The van der Waals surface area contributed by atoms with Crippen LogP contribution in [0, 0.1) is 0 Å². The molecule has 0 heterocycles. The fraction of sp³-hybridized carbons (Fsp3) is 0.750. The first-order valence-corrected chi connectivity index (χ1v) is 3.77. The molecule has 2 heteroatoms. The average Bonchev–Trinajstić information content (AvgIpc) is 2.64. The molecule has 0 spiro atoms. The number of nitrogens with one attached hydrogen (secondary N) is 1. The van der Waals surface area contributed by atoms with E-state index in [1.807, 2.05) is 6.92 Å². The smallest absolute Gasteiger partial charge is 0.0869 e. The minimum atomic E-state index is -0.361. The normalized spacial score (nSPS) is 20.6. The molecule has 0 saturated heterocycles. The molecule has 0 aromatic carbocycles. The SMILES string of the molecule is C=C(C)C(O)CNC1CC1. The van der Waals surface area contributed by atoms with Crippen molar-refractivity contribution in [1.29, 1.82) is 0 Å². The van der Waals surface area contributed by atoms with Crippen LogP contribution in [-0.2, 0) is 0 Å². The van der Waals surface area contributed by atoms with Crippen molar-refractivity contribution in [3.05, 3.63) is 12.2 Å². The standard InChI is InChI=1S/C8H15NO/c1-6(2)8(10)5-9-7-3-4-7/h7-10H,1,3-5H2,2H3. The second-order valence-electron chi connectivity index (χ2n) is 3.04. The zero-order valence-electron chi connectivity index (χ0n) is 6.43.